The van der Waals surface area contributed by atoms with Crippen LogP contribution < -0.4 is 0 Å². The Bertz CT molecular complexity index is 372. The molecule has 0 atom stereocenters. The summed E-state index contributed by atoms with van der Waals surface area (Å²) in [4.78, 5) is 20.8. The van der Waals surface area contributed by atoms with Crippen molar-refractivity contribution in [1.82, 2.24) is 0 Å². The number of hydrogen-bond acceptors (Lipinski definition) is 3. The monoisotopic (exact) mass is 236 g/mol. The number of rotatable bonds is 6. The highest BCUT2D eigenvalue weighted by Crippen LogP contribution is 2.19. The van der Waals surface area contributed by atoms with Gasteiger partial charge in [0.25, 0.3) is 0 Å². The van der Waals surface area contributed by atoms with Gasteiger partial charge in [-0.05, 0) is 36.5 Å². The molecule has 0 aliphatic carbocycles. The molecule has 0 bridgehead atoms. The maximum Gasteiger partial charge on any atom is 0.373 e. The minimum Gasteiger partial charge on any atom is -0.293 e. The van der Waals surface area contributed by atoms with E-state index < -0.39 is 5.97 Å². The van der Waals surface area contributed by atoms with Crippen molar-refractivity contribution in [2.75, 3.05) is 7.11 Å². The molecule has 94 valence electrons. The van der Waals surface area contributed by atoms with E-state index in [1.165, 1.54) is 12.7 Å². The maximum absolute atomic E-state index is 11.7. The molecule has 0 aliphatic rings. The molecule has 1 aromatic carbocycles. The van der Waals surface area contributed by atoms with Crippen molar-refractivity contribution >= 4 is 5.97 Å². The third-order valence-corrected chi connectivity index (χ3v) is 2.81. The summed E-state index contributed by atoms with van der Waals surface area (Å²) >= 11 is 0. The SMILES string of the molecule is CCCCc1c(CC)cccc1C(=O)OOC. The van der Waals surface area contributed by atoms with Crippen LogP contribution in [-0.4, -0.2) is 13.1 Å². The number of unbranched alkanes of at least 4 members (excludes halogenated alkanes) is 1. The molecule has 0 amide bonds. The summed E-state index contributed by atoms with van der Waals surface area (Å²) in [7, 11) is 1.34. The van der Waals surface area contributed by atoms with Gasteiger partial charge in [-0.1, -0.05) is 32.4 Å². The highest BCUT2D eigenvalue weighted by Gasteiger charge is 2.15. The van der Waals surface area contributed by atoms with E-state index in [1.54, 1.807) is 6.07 Å². The molecule has 0 heterocycles. The predicted octanol–water partition coefficient (Wildman–Crippen LogP) is 3.31. The van der Waals surface area contributed by atoms with Crippen LogP contribution in [0.4, 0.5) is 0 Å². The lowest BCUT2D eigenvalue weighted by molar-refractivity contribution is -0.216. The van der Waals surface area contributed by atoms with Crippen LogP contribution in [0.2, 0.25) is 0 Å². The van der Waals surface area contributed by atoms with Gasteiger partial charge in [-0.2, -0.15) is 4.89 Å². The number of aryl methyl sites for hydroxylation is 1. The molecule has 0 aliphatic heterocycles. The molecule has 0 saturated heterocycles. The molecule has 0 radical (unpaired) electrons. The summed E-state index contributed by atoms with van der Waals surface area (Å²) in [6, 6.07) is 5.75. The summed E-state index contributed by atoms with van der Waals surface area (Å²) < 4.78 is 0. The maximum atomic E-state index is 11.7. The standard InChI is InChI=1S/C14H20O3/c1-4-6-9-12-11(5-2)8-7-10-13(12)14(15)17-16-3/h7-8,10H,4-6,9H2,1-3H3. The third kappa shape index (κ3) is 3.56. The Hall–Kier alpha value is -1.35. The fourth-order valence-corrected chi connectivity index (χ4v) is 1.93. The molecule has 0 unspecified atom stereocenters. The molecule has 1 rings (SSSR count). The van der Waals surface area contributed by atoms with Gasteiger partial charge in [0.05, 0.1) is 12.7 Å². The molecule has 0 aromatic heterocycles. The molecule has 3 nitrogen and oxygen atoms in total. The third-order valence-electron chi connectivity index (χ3n) is 2.81. The zero-order chi connectivity index (χ0) is 12.7. The Kier molecular flexibility index (Phi) is 5.70. The van der Waals surface area contributed by atoms with Crippen LogP contribution >= 0.6 is 0 Å². The van der Waals surface area contributed by atoms with Crippen molar-refractivity contribution in [1.29, 1.82) is 0 Å². The van der Waals surface area contributed by atoms with Crippen molar-refractivity contribution < 1.29 is 14.6 Å². The summed E-state index contributed by atoms with van der Waals surface area (Å²) in [5, 5.41) is 0. The highest BCUT2D eigenvalue weighted by atomic mass is 17.2. The zero-order valence-corrected chi connectivity index (χ0v) is 10.8. The average molecular weight is 236 g/mol. The van der Waals surface area contributed by atoms with Gasteiger partial charge >= 0.3 is 5.97 Å². The minimum absolute atomic E-state index is 0.408. The number of carbonyl (C=O) groups is 1. The van der Waals surface area contributed by atoms with Crippen LogP contribution in [0.15, 0.2) is 18.2 Å². The Morgan fingerprint density at radius 1 is 1.29 bits per heavy atom. The van der Waals surface area contributed by atoms with Gasteiger partial charge < -0.3 is 0 Å². The summed E-state index contributed by atoms with van der Waals surface area (Å²) in [6.45, 7) is 4.23. The Morgan fingerprint density at radius 3 is 2.65 bits per heavy atom. The van der Waals surface area contributed by atoms with Gasteiger partial charge in [-0.3, -0.25) is 4.89 Å². The molecule has 0 N–H and O–H groups in total. The molecule has 1 aromatic rings. The van der Waals surface area contributed by atoms with E-state index in [1.807, 2.05) is 6.07 Å². The second-order valence-electron chi connectivity index (χ2n) is 3.94. The van der Waals surface area contributed by atoms with E-state index in [4.69, 9.17) is 0 Å². The minimum atomic E-state index is -0.408. The van der Waals surface area contributed by atoms with E-state index in [-0.39, 0.29) is 0 Å². The van der Waals surface area contributed by atoms with Gasteiger partial charge in [0.15, 0.2) is 0 Å². The molecule has 3 heteroatoms. The van der Waals surface area contributed by atoms with Gasteiger partial charge in [-0.25, -0.2) is 4.79 Å². The first-order valence-electron chi connectivity index (χ1n) is 6.10. The second kappa shape index (κ2) is 7.07. The van der Waals surface area contributed by atoms with E-state index >= 15 is 0 Å². The smallest absolute Gasteiger partial charge is 0.293 e. The summed E-state index contributed by atoms with van der Waals surface area (Å²) in [5.41, 5.74) is 2.93. The fourth-order valence-electron chi connectivity index (χ4n) is 1.93. The zero-order valence-electron chi connectivity index (χ0n) is 10.8. The quantitative estimate of drug-likeness (QED) is 0.561. The summed E-state index contributed by atoms with van der Waals surface area (Å²) in [5.74, 6) is -0.408. The number of carbonyl (C=O) groups excluding carboxylic acids is 1. The van der Waals surface area contributed by atoms with Crippen LogP contribution in [0.25, 0.3) is 0 Å². The molecule has 17 heavy (non-hydrogen) atoms. The van der Waals surface area contributed by atoms with Crippen LogP contribution in [0, 0.1) is 0 Å². The first kappa shape index (κ1) is 13.7. The van der Waals surface area contributed by atoms with Crippen molar-refractivity contribution in [2.45, 2.75) is 39.5 Å². The molecular formula is C14H20O3. The van der Waals surface area contributed by atoms with E-state index in [0.717, 1.165) is 31.2 Å². The Labute approximate surface area is 103 Å². The Morgan fingerprint density at radius 2 is 2.06 bits per heavy atom. The second-order valence-corrected chi connectivity index (χ2v) is 3.94. The van der Waals surface area contributed by atoms with Crippen LogP contribution in [-0.2, 0) is 22.6 Å². The molecular weight excluding hydrogens is 216 g/mol. The van der Waals surface area contributed by atoms with Gasteiger partial charge in [0.1, 0.15) is 0 Å². The molecule has 0 saturated carbocycles. The van der Waals surface area contributed by atoms with Crippen molar-refractivity contribution in [3.8, 4) is 0 Å². The topological polar surface area (TPSA) is 35.5 Å². The normalized spacial score (nSPS) is 10.3. The number of hydrogen-bond donors (Lipinski definition) is 0. The highest BCUT2D eigenvalue weighted by molar-refractivity contribution is 5.91. The van der Waals surface area contributed by atoms with Crippen LogP contribution in [0.3, 0.4) is 0 Å². The van der Waals surface area contributed by atoms with Crippen LogP contribution in [0.5, 0.6) is 0 Å². The average Bonchev–Trinajstić information content (AvgIpc) is 2.36. The van der Waals surface area contributed by atoms with Crippen LogP contribution in [0.1, 0.15) is 48.2 Å². The van der Waals surface area contributed by atoms with Crippen molar-refractivity contribution in [3.63, 3.8) is 0 Å². The van der Waals surface area contributed by atoms with E-state index in [2.05, 4.69) is 29.7 Å². The molecule has 0 spiro atoms. The van der Waals surface area contributed by atoms with Crippen molar-refractivity contribution in [3.05, 3.63) is 34.9 Å². The van der Waals surface area contributed by atoms with E-state index in [9.17, 15) is 4.79 Å². The first-order chi connectivity index (χ1) is 8.24. The lowest BCUT2D eigenvalue weighted by Crippen LogP contribution is -2.09. The largest absolute Gasteiger partial charge is 0.373 e. The lowest BCUT2D eigenvalue weighted by atomic mass is 9.95. The van der Waals surface area contributed by atoms with E-state index in [0.29, 0.717) is 5.56 Å². The predicted molar refractivity (Wildman–Crippen MR) is 66.9 cm³/mol. The Balaban J connectivity index is 3.05. The fraction of sp³-hybridized carbons (Fsp3) is 0.500. The molecule has 0 fully saturated rings. The first-order valence-corrected chi connectivity index (χ1v) is 6.10. The van der Waals surface area contributed by atoms with Gasteiger partial charge in [0, 0.05) is 0 Å². The lowest BCUT2D eigenvalue weighted by Gasteiger charge is -2.12. The van der Waals surface area contributed by atoms with Crippen molar-refractivity contribution in [2.24, 2.45) is 0 Å². The number of benzene rings is 1. The van der Waals surface area contributed by atoms with Gasteiger partial charge in [-0.15, -0.1) is 0 Å². The van der Waals surface area contributed by atoms with Gasteiger partial charge in [0.2, 0.25) is 0 Å². The summed E-state index contributed by atoms with van der Waals surface area (Å²) in [6.07, 6.45) is 4.02.